The SMILES string of the molecule is CCCCCC[C@H]1COC[C@H](CCCCCC)O1. The lowest BCUT2D eigenvalue weighted by Crippen LogP contribution is -2.36. The van der Waals surface area contributed by atoms with Crippen molar-refractivity contribution >= 4 is 0 Å². The molecule has 1 fully saturated rings. The maximum atomic E-state index is 6.12. The summed E-state index contributed by atoms with van der Waals surface area (Å²) in [5.74, 6) is 0. The highest BCUT2D eigenvalue weighted by atomic mass is 16.6. The van der Waals surface area contributed by atoms with Crippen LogP contribution < -0.4 is 0 Å². The lowest BCUT2D eigenvalue weighted by atomic mass is 10.1. The van der Waals surface area contributed by atoms with Crippen LogP contribution in [0.1, 0.15) is 78.1 Å². The molecule has 1 heterocycles. The van der Waals surface area contributed by atoms with Gasteiger partial charge in [0.1, 0.15) is 0 Å². The third-order valence-corrected chi connectivity index (χ3v) is 3.75. The average Bonchev–Trinajstić information content (AvgIpc) is 2.40. The molecule has 0 aliphatic carbocycles. The van der Waals surface area contributed by atoms with E-state index in [0.29, 0.717) is 12.2 Å². The summed E-state index contributed by atoms with van der Waals surface area (Å²) in [5, 5.41) is 0. The first-order chi connectivity index (χ1) is 8.86. The fourth-order valence-corrected chi connectivity index (χ4v) is 2.58. The summed E-state index contributed by atoms with van der Waals surface area (Å²) in [7, 11) is 0. The second kappa shape index (κ2) is 10.8. The van der Waals surface area contributed by atoms with Gasteiger partial charge >= 0.3 is 0 Å². The molecule has 2 atom stereocenters. The van der Waals surface area contributed by atoms with Crippen LogP contribution in [0.15, 0.2) is 0 Å². The molecule has 0 spiro atoms. The fraction of sp³-hybridized carbons (Fsp3) is 1.00. The van der Waals surface area contributed by atoms with Crippen LogP contribution in [0.2, 0.25) is 0 Å². The summed E-state index contributed by atoms with van der Waals surface area (Å²) in [4.78, 5) is 0. The number of unbranched alkanes of at least 4 members (excludes halogenated alkanes) is 6. The highest BCUT2D eigenvalue weighted by Gasteiger charge is 2.22. The smallest absolute Gasteiger partial charge is 0.0813 e. The maximum Gasteiger partial charge on any atom is 0.0813 e. The Labute approximate surface area is 113 Å². The van der Waals surface area contributed by atoms with Gasteiger partial charge < -0.3 is 9.47 Å². The van der Waals surface area contributed by atoms with Crippen molar-refractivity contribution < 1.29 is 9.47 Å². The molecule has 0 saturated carbocycles. The van der Waals surface area contributed by atoms with Gasteiger partial charge in [0.05, 0.1) is 25.4 Å². The molecule has 2 nitrogen and oxygen atoms in total. The van der Waals surface area contributed by atoms with Gasteiger partial charge in [-0.05, 0) is 12.8 Å². The van der Waals surface area contributed by atoms with Crippen molar-refractivity contribution in [1.82, 2.24) is 0 Å². The minimum atomic E-state index is 0.367. The van der Waals surface area contributed by atoms with E-state index in [1.165, 1.54) is 64.2 Å². The predicted octanol–water partition coefficient (Wildman–Crippen LogP) is 4.71. The van der Waals surface area contributed by atoms with Gasteiger partial charge in [0.25, 0.3) is 0 Å². The molecule has 1 saturated heterocycles. The summed E-state index contributed by atoms with van der Waals surface area (Å²) in [5.41, 5.74) is 0. The monoisotopic (exact) mass is 256 g/mol. The molecule has 0 bridgehead atoms. The molecule has 0 N–H and O–H groups in total. The van der Waals surface area contributed by atoms with Gasteiger partial charge in [0, 0.05) is 0 Å². The van der Waals surface area contributed by atoms with E-state index in [1.807, 2.05) is 0 Å². The summed E-state index contributed by atoms with van der Waals surface area (Å²) in [6, 6.07) is 0. The minimum absolute atomic E-state index is 0.367. The maximum absolute atomic E-state index is 6.12. The molecule has 2 heteroatoms. The Morgan fingerprint density at radius 1 is 0.722 bits per heavy atom. The van der Waals surface area contributed by atoms with Crippen molar-refractivity contribution in [3.8, 4) is 0 Å². The van der Waals surface area contributed by atoms with E-state index in [0.717, 1.165) is 13.2 Å². The lowest BCUT2D eigenvalue weighted by molar-refractivity contribution is -0.142. The molecule has 0 aromatic rings. The molecule has 1 aliphatic heterocycles. The Bertz CT molecular complexity index is 164. The largest absolute Gasteiger partial charge is 0.376 e. The van der Waals surface area contributed by atoms with E-state index in [4.69, 9.17) is 9.47 Å². The first-order valence-electron chi connectivity index (χ1n) is 8.10. The van der Waals surface area contributed by atoms with Crippen molar-refractivity contribution in [3.05, 3.63) is 0 Å². The molecule has 0 unspecified atom stereocenters. The van der Waals surface area contributed by atoms with Gasteiger partial charge in [-0.2, -0.15) is 0 Å². The molecule has 18 heavy (non-hydrogen) atoms. The first-order valence-corrected chi connectivity index (χ1v) is 8.10. The zero-order valence-electron chi connectivity index (χ0n) is 12.5. The summed E-state index contributed by atoms with van der Waals surface area (Å²) >= 11 is 0. The highest BCUT2D eigenvalue weighted by Crippen LogP contribution is 2.18. The third-order valence-electron chi connectivity index (χ3n) is 3.75. The second-order valence-electron chi connectivity index (χ2n) is 5.62. The molecule has 0 amide bonds. The van der Waals surface area contributed by atoms with Crippen LogP contribution in [0.3, 0.4) is 0 Å². The molecular weight excluding hydrogens is 224 g/mol. The van der Waals surface area contributed by atoms with Crippen molar-refractivity contribution in [2.24, 2.45) is 0 Å². The molecule has 108 valence electrons. The fourth-order valence-electron chi connectivity index (χ4n) is 2.58. The number of hydrogen-bond donors (Lipinski definition) is 0. The molecule has 1 aliphatic rings. The number of hydrogen-bond acceptors (Lipinski definition) is 2. The predicted molar refractivity (Wildman–Crippen MR) is 77.0 cm³/mol. The Balaban J connectivity index is 2.04. The quantitative estimate of drug-likeness (QED) is 0.527. The van der Waals surface area contributed by atoms with Crippen molar-refractivity contribution in [2.75, 3.05) is 13.2 Å². The first kappa shape index (κ1) is 16.0. The van der Waals surface area contributed by atoms with Crippen LogP contribution in [0.5, 0.6) is 0 Å². The Morgan fingerprint density at radius 2 is 1.22 bits per heavy atom. The normalized spacial score (nSPS) is 24.3. The van der Waals surface area contributed by atoms with Crippen LogP contribution in [0, 0.1) is 0 Å². The summed E-state index contributed by atoms with van der Waals surface area (Å²) < 4.78 is 11.8. The van der Waals surface area contributed by atoms with E-state index < -0.39 is 0 Å². The van der Waals surface area contributed by atoms with Gasteiger partial charge in [0.2, 0.25) is 0 Å². The minimum Gasteiger partial charge on any atom is -0.376 e. The Kier molecular flexibility index (Phi) is 9.59. The molecule has 0 radical (unpaired) electrons. The van der Waals surface area contributed by atoms with Crippen LogP contribution in [0.4, 0.5) is 0 Å². The Morgan fingerprint density at radius 3 is 1.67 bits per heavy atom. The summed E-state index contributed by atoms with van der Waals surface area (Å²) in [6.07, 6.45) is 13.7. The second-order valence-corrected chi connectivity index (χ2v) is 5.62. The molecule has 1 rings (SSSR count). The topological polar surface area (TPSA) is 18.5 Å². The van der Waals surface area contributed by atoms with E-state index in [9.17, 15) is 0 Å². The van der Waals surface area contributed by atoms with Crippen LogP contribution >= 0.6 is 0 Å². The number of ether oxygens (including phenoxy) is 2. The van der Waals surface area contributed by atoms with E-state index >= 15 is 0 Å². The lowest BCUT2D eigenvalue weighted by Gasteiger charge is -2.30. The van der Waals surface area contributed by atoms with Crippen molar-refractivity contribution in [2.45, 2.75) is 90.3 Å². The molecular formula is C16H32O2. The van der Waals surface area contributed by atoms with E-state index in [2.05, 4.69) is 13.8 Å². The average molecular weight is 256 g/mol. The number of rotatable bonds is 10. The summed E-state index contributed by atoms with van der Waals surface area (Å²) in [6.45, 7) is 6.15. The van der Waals surface area contributed by atoms with Gasteiger partial charge in [-0.25, -0.2) is 0 Å². The van der Waals surface area contributed by atoms with Crippen LogP contribution in [-0.4, -0.2) is 25.4 Å². The zero-order valence-corrected chi connectivity index (χ0v) is 12.5. The highest BCUT2D eigenvalue weighted by molar-refractivity contribution is 4.69. The van der Waals surface area contributed by atoms with E-state index in [1.54, 1.807) is 0 Å². The van der Waals surface area contributed by atoms with Gasteiger partial charge in [-0.1, -0.05) is 65.2 Å². The third kappa shape index (κ3) is 7.38. The van der Waals surface area contributed by atoms with Gasteiger partial charge in [0.15, 0.2) is 0 Å². The van der Waals surface area contributed by atoms with Gasteiger partial charge in [-0.3, -0.25) is 0 Å². The van der Waals surface area contributed by atoms with Crippen LogP contribution in [0.25, 0.3) is 0 Å². The zero-order chi connectivity index (χ0) is 13.1. The molecule has 0 aromatic heterocycles. The van der Waals surface area contributed by atoms with Crippen molar-refractivity contribution in [1.29, 1.82) is 0 Å². The van der Waals surface area contributed by atoms with Crippen molar-refractivity contribution in [3.63, 3.8) is 0 Å². The van der Waals surface area contributed by atoms with Crippen LogP contribution in [-0.2, 0) is 9.47 Å². The Hall–Kier alpha value is -0.0800. The standard InChI is InChI=1S/C16H32O2/c1-3-5-7-9-11-15-13-17-14-16(18-15)12-10-8-6-4-2/h15-16H,3-14H2,1-2H3/t15-,16-/m0/s1. The van der Waals surface area contributed by atoms with Gasteiger partial charge in [-0.15, -0.1) is 0 Å². The van der Waals surface area contributed by atoms with E-state index in [-0.39, 0.29) is 0 Å². The molecule has 0 aromatic carbocycles.